The summed E-state index contributed by atoms with van der Waals surface area (Å²) in [5.41, 5.74) is 1.71. The average molecular weight is 360 g/mol. The van der Waals surface area contributed by atoms with Crippen molar-refractivity contribution in [3.63, 3.8) is 0 Å². The lowest BCUT2D eigenvalue weighted by molar-refractivity contribution is -0.117. The van der Waals surface area contributed by atoms with E-state index in [1.807, 2.05) is 0 Å². The quantitative estimate of drug-likeness (QED) is 0.889. The summed E-state index contributed by atoms with van der Waals surface area (Å²) < 4.78 is 33.1. The summed E-state index contributed by atoms with van der Waals surface area (Å²) in [6.07, 6.45) is 1.33. The maximum Gasteiger partial charge on any atom is 0.262 e. The van der Waals surface area contributed by atoms with Gasteiger partial charge in [0.15, 0.2) is 0 Å². The van der Waals surface area contributed by atoms with E-state index >= 15 is 0 Å². The lowest BCUT2D eigenvalue weighted by Crippen LogP contribution is -2.24. The van der Waals surface area contributed by atoms with Gasteiger partial charge in [0.05, 0.1) is 23.4 Å². The van der Waals surface area contributed by atoms with E-state index in [1.54, 1.807) is 54.3 Å². The van der Waals surface area contributed by atoms with Crippen LogP contribution >= 0.6 is 0 Å². The van der Waals surface area contributed by atoms with E-state index in [2.05, 4.69) is 4.72 Å². The minimum Gasteiger partial charge on any atom is -0.494 e. The summed E-state index contributed by atoms with van der Waals surface area (Å²) in [4.78, 5) is 13.8. The number of ether oxygens (including phenoxy) is 1. The van der Waals surface area contributed by atoms with Crippen molar-refractivity contribution in [3.05, 3.63) is 48.0 Å². The number of hydrogen-bond donors (Lipinski definition) is 1. The van der Waals surface area contributed by atoms with Crippen molar-refractivity contribution in [2.24, 2.45) is 0 Å². The maximum absolute atomic E-state index is 12.6. The molecule has 7 heteroatoms. The van der Waals surface area contributed by atoms with Gasteiger partial charge in [-0.3, -0.25) is 9.52 Å². The van der Waals surface area contributed by atoms with Gasteiger partial charge in [-0.15, -0.1) is 0 Å². The van der Waals surface area contributed by atoms with Gasteiger partial charge in [0.1, 0.15) is 5.75 Å². The number of anilines is 2. The molecule has 1 heterocycles. The molecule has 0 aromatic heterocycles. The van der Waals surface area contributed by atoms with Crippen LogP contribution in [-0.2, 0) is 14.8 Å². The van der Waals surface area contributed by atoms with Crippen LogP contribution in [0.3, 0.4) is 0 Å². The molecule has 0 spiro atoms. The molecule has 0 aliphatic carbocycles. The Kier molecular flexibility index (Phi) is 4.67. The molecule has 1 aliphatic heterocycles. The van der Waals surface area contributed by atoms with E-state index in [0.717, 1.165) is 6.42 Å². The van der Waals surface area contributed by atoms with Crippen molar-refractivity contribution < 1.29 is 17.9 Å². The van der Waals surface area contributed by atoms with E-state index in [1.165, 1.54) is 7.11 Å². The minimum absolute atomic E-state index is 0.0477. The van der Waals surface area contributed by atoms with Gasteiger partial charge in [-0.1, -0.05) is 18.2 Å². The number of carbonyl (C=O) groups is 1. The number of rotatable bonds is 5. The van der Waals surface area contributed by atoms with Gasteiger partial charge in [0.2, 0.25) is 5.91 Å². The largest absolute Gasteiger partial charge is 0.494 e. The molecular weight excluding hydrogens is 340 g/mol. The number of carbonyl (C=O) groups excluding carboxylic acids is 1. The molecule has 0 saturated carbocycles. The van der Waals surface area contributed by atoms with Gasteiger partial charge in [0.25, 0.3) is 10.0 Å². The molecular formula is C18H20N2O4S. The van der Waals surface area contributed by atoms with Crippen LogP contribution in [0.2, 0.25) is 0 Å². The molecule has 1 fully saturated rings. The highest BCUT2D eigenvalue weighted by Gasteiger charge is 2.25. The smallest absolute Gasteiger partial charge is 0.262 e. The molecule has 25 heavy (non-hydrogen) atoms. The third-order valence-electron chi connectivity index (χ3n) is 4.18. The zero-order valence-corrected chi connectivity index (χ0v) is 15.0. The Morgan fingerprint density at radius 1 is 1.16 bits per heavy atom. The molecule has 1 saturated heterocycles. The standard InChI is InChI=1S/C18H20N2O4S/c1-13-6-3-4-7-17(13)25(22,23)19-14-9-10-15(16(12-14)24-2)20-11-5-8-18(20)21/h3-4,6-7,9-10,12,19H,5,8,11H2,1-2H3. The first-order valence-corrected chi connectivity index (χ1v) is 9.47. The summed E-state index contributed by atoms with van der Waals surface area (Å²) in [5, 5.41) is 0. The van der Waals surface area contributed by atoms with Crippen LogP contribution in [0.15, 0.2) is 47.4 Å². The molecule has 0 unspecified atom stereocenters. The van der Waals surface area contributed by atoms with Crippen LogP contribution in [0.25, 0.3) is 0 Å². The van der Waals surface area contributed by atoms with Gasteiger partial charge >= 0.3 is 0 Å². The fourth-order valence-corrected chi connectivity index (χ4v) is 4.23. The molecule has 0 bridgehead atoms. The Labute approximate surface area is 147 Å². The van der Waals surface area contributed by atoms with Crippen molar-refractivity contribution in [1.29, 1.82) is 0 Å². The van der Waals surface area contributed by atoms with Gasteiger partial charge in [-0.2, -0.15) is 0 Å². The number of nitrogens with zero attached hydrogens (tertiary/aromatic N) is 1. The number of hydrogen-bond acceptors (Lipinski definition) is 4. The molecule has 132 valence electrons. The van der Waals surface area contributed by atoms with E-state index in [4.69, 9.17) is 4.74 Å². The topological polar surface area (TPSA) is 75.7 Å². The van der Waals surface area contributed by atoms with Crippen molar-refractivity contribution in [2.45, 2.75) is 24.7 Å². The molecule has 1 aliphatic rings. The Morgan fingerprint density at radius 3 is 2.56 bits per heavy atom. The lowest BCUT2D eigenvalue weighted by Gasteiger charge is -2.20. The predicted molar refractivity (Wildman–Crippen MR) is 96.6 cm³/mol. The Morgan fingerprint density at radius 2 is 1.92 bits per heavy atom. The van der Waals surface area contributed by atoms with Gasteiger partial charge in [-0.25, -0.2) is 8.42 Å². The number of nitrogens with one attached hydrogen (secondary N) is 1. The fraction of sp³-hybridized carbons (Fsp3) is 0.278. The van der Waals surface area contributed by atoms with Gasteiger partial charge < -0.3 is 9.64 Å². The maximum atomic E-state index is 12.6. The van der Waals surface area contributed by atoms with E-state index in [0.29, 0.717) is 35.7 Å². The summed E-state index contributed by atoms with van der Waals surface area (Å²) >= 11 is 0. The average Bonchev–Trinajstić information content (AvgIpc) is 3.00. The van der Waals surface area contributed by atoms with Crippen molar-refractivity contribution in [2.75, 3.05) is 23.3 Å². The summed E-state index contributed by atoms with van der Waals surface area (Å²) in [6.45, 7) is 2.39. The zero-order chi connectivity index (χ0) is 18.0. The number of amides is 1. The molecule has 1 amide bonds. The number of sulfonamides is 1. The van der Waals surface area contributed by atoms with Crippen molar-refractivity contribution in [1.82, 2.24) is 0 Å². The molecule has 0 radical (unpaired) electrons. The molecule has 2 aromatic carbocycles. The van der Waals surface area contributed by atoms with E-state index in [9.17, 15) is 13.2 Å². The third-order valence-corrected chi connectivity index (χ3v) is 5.72. The molecule has 3 rings (SSSR count). The van der Waals surface area contributed by atoms with Gasteiger partial charge in [0, 0.05) is 19.0 Å². The predicted octanol–water partition coefficient (Wildman–Crippen LogP) is 2.93. The minimum atomic E-state index is -3.70. The van der Waals surface area contributed by atoms with Crippen LogP contribution in [0.5, 0.6) is 5.75 Å². The highest BCUT2D eigenvalue weighted by atomic mass is 32.2. The molecule has 2 aromatic rings. The third kappa shape index (κ3) is 3.46. The second-order valence-electron chi connectivity index (χ2n) is 5.91. The zero-order valence-electron chi connectivity index (χ0n) is 14.2. The number of aryl methyl sites for hydroxylation is 1. The SMILES string of the molecule is COc1cc(NS(=O)(=O)c2ccccc2C)ccc1N1CCCC1=O. The van der Waals surface area contributed by atoms with Crippen LogP contribution in [0.4, 0.5) is 11.4 Å². The Balaban J connectivity index is 1.91. The first kappa shape index (κ1) is 17.3. The summed E-state index contributed by atoms with van der Waals surface area (Å²) in [6, 6.07) is 11.7. The molecule has 6 nitrogen and oxygen atoms in total. The first-order chi connectivity index (χ1) is 11.9. The molecule has 1 N–H and O–H groups in total. The van der Waals surface area contributed by atoms with Crippen molar-refractivity contribution in [3.8, 4) is 5.75 Å². The monoisotopic (exact) mass is 360 g/mol. The number of benzene rings is 2. The Bertz CT molecular complexity index is 909. The normalized spacial score (nSPS) is 14.6. The van der Waals surface area contributed by atoms with Crippen LogP contribution < -0.4 is 14.4 Å². The van der Waals surface area contributed by atoms with E-state index < -0.39 is 10.0 Å². The highest BCUT2D eigenvalue weighted by Crippen LogP contribution is 2.34. The van der Waals surface area contributed by atoms with Crippen molar-refractivity contribution >= 4 is 27.3 Å². The van der Waals surface area contributed by atoms with Gasteiger partial charge in [-0.05, 0) is 37.1 Å². The summed E-state index contributed by atoms with van der Waals surface area (Å²) in [5.74, 6) is 0.506. The van der Waals surface area contributed by atoms with E-state index in [-0.39, 0.29) is 10.8 Å². The second kappa shape index (κ2) is 6.76. The summed E-state index contributed by atoms with van der Waals surface area (Å²) in [7, 11) is -2.20. The van der Waals surface area contributed by atoms with Crippen LogP contribution in [0, 0.1) is 6.92 Å². The second-order valence-corrected chi connectivity index (χ2v) is 7.56. The van der Waals surface area contributed by atoms with Crippen LogP contribution in [0.1, 0.15) is 18.4 Å². The van der Waals surface area contributed by atoms with Crippen LogP contribution in [-0.4, -0.2) is 28.0 Å². The Hall–Kier alpha value is -2.54. The number of methoxy groups -OCH3 is 1. The molecule has 0 atom stereocenters. The highest BCUT2D eigenvalue weighted by molar-refractivity contribution is 7.92. The first-order valence-electron chi connectivity index (χ1n) is 7.99. The lowest BCUT2D eigenvalue weighted by atomic mass is 10.2. The fourth-order valence-electron chi connectivity index (χ4n) is 2.94.